The molecule has 2 atom stereocenters. The van der Waals surface area contributed by atoms with Crippen LogP contribution in [0, 0.1) is 0 Å². The molecular weight excluding hydrogens is 421 g/mol. The molecule has 1 aliphatic heterocycles. The molecule has 9 heteroatoms. The van der Waals surface area contributed by atoms with Gasteiger partial charge in [0.15, 0.2) is 6.04 Å². The minimum absolute atomic E-state index is 0.0693. The summed E-state index contributed by atoms with van der Waals surface area (Å²) >= 11 is 0. The van der Waals surface area contributed by atoms with E-state index in [0.717, 1.165) is 11.1 Å². The summed E-state index contributed by atoms with van der Waals surface area (Å²) in [6.07, 6.45) is -0.912. The molecule has 0 radical (unpaired) electrons. The number of fused-ring (bicyclic) bond motifs is 3. The van der Waals surface area contributed by atoms with E-state index in [9.17, 15) is 22.8 Å². The Morgan fingerprint density at radius 3 is 2.56 bits per heavy atom. The third-order valence-corrected chi connectivity index (χ3v) is 6.03. The van der Waals surface area contributed by atoms with Crippen LogP contribution in [0.4, 0.5) is 19.0 Å². The van der Waals surface area contributed by atoms with E-state index in [1.807, 2.05) is 6.07 Å². The molecule has 3 heterocycles. The first kappa shape index (κ1) is 20.2. The first-order valence-corrected chi connectivity index (χ1v) is 9.95. The lowest BCUT2D eigenvalue weighted by atomic mass is 9.79. The van der Waals surface area contributed by atoms with Gasteiger partial charge in [0.1, 0.15) is 11.5 Å². The second kappa shape index (κ2) is 7.15. The van der Waals surface area contributed by atoms with Crippen LogP contribution in [-0.2, 0) is 23.1 Å². The number of carbonyl (C=O) groups excluding carboxylic acids is 2. The molecule has 0 bridgehead atoms. The number of rotatable bonds is 3. The molecule has 162 valence electrons. The van der Waals surface area contributed by atoms with Crippen LogP contribution in [0.3, 0.4) is 0 Å². The second-order valence-corrected chi connectivity index (χ2v) is 7.99. The molecule has 2 amide bonds. The van der Waals surface area contributed by atoms with Gasteiger partial charge in [0.25, 0.3) is 5.91 Å². The van der Waals surface area contributed by atoms with E-state index >= 15 is 0 Å². The van der Waals surface area contributed by atoms with Gasteiger partial charge in [-0.1, -0.05) is 36.4 Å². The van der Waals surface area contributed by atoms with Gasteiger partial charge in [-0.05, 0) is 41.7 Å². The molecule has 2 unspecified atom stereocenters. The third kappa shape index (κ3) is 3.21. The van der Waals surface area contributed by atoms with Crippen molar-refractivity contribution in [3.8, 4) is 0 Å². The van der Waals surface area contributed by atoms with E-state index in [4.69, 9.17) is 0 Å². The molecule has 1 aromatic carbocycles. The van der Waals surface area contributed by atoms with Crippen molar-refractivity contribution in [2.45, 2.75) is 30.5 Å². The van der Waals surface area contributed by atoms with Gasteiger partial charge in [-0.3, -0.25) is 14.6 Å². The van der Waals surface area contributed by atoms with Gasteiger partial charge < -0.3 is 10.6 Å². The normalized spacial score (nSPS) is 19.9. The summed E-state index contributed by atoms with van der Waals surface area (Å²) in [6.45, 7) is 0. The fourth-order valence-electron chi connectivity index (χ4n) is 4.48. The maximum absolute atomic E-state index is 13.6. The third-order valence-electron chi connectivity index (χ3n) is 6.03. The molecule has 0 saturated heterocycles. The van der Waals surface area contributed by atoms with Crippen LogP contribution in [0.2, 0.25) is 0 Å². The first-order valence-electron chi connectivity index (χ1n) is 9.95. The van der Waals surface area contributed by atoms with Crippen molar-refractivity contribution in [1.82, 2.24) is 15.3 Å². The maximum atomic E-state index is 13.6. The lowest BCUT2D eigenvalue weighted by Gasteiger charge is -2.22. The number of hydrogen-bond acceptors (Lipinski definition) is 4. The number of pyridine rings is 2. The average Bonchev–Trinajstić information content (AvgIpc) is 3.29. The topological polar surface area (TPSA) is 84.0 Å². The average molecular weight is 438 g/mol. The highest BCUT2D eigenvalue weighted by atomic mass is 19.4. The van der Waals surface area contributed by atoms with Crippen LogP contribution in [0.25, 0.3) is 0 Å². The van der Waals surface area contributed by atoms with Crippen molar-refractivity contribution in [3.63, 3.8) is 0 Å². The number of amides is 2. The highest BCUT2D eigenvalue weighted by Gasteiger charge is 2.51. The molecule has 2 aromatic heterocycles. The van der Waals surface area contributed by atoms with Crippen molar-refractivity contribution in [1.29, 1.82) is 0 Å². The number of benzene rings is 1. The molecule has 2 aliphatic rings. The Bertz CT molecular complexity index is 1230. The smallest absolute Gasteiger partial charge is 0.335 e. The monoisotopic (exact) mass is 438 g/mol. The van der Waals surface area contributed by atoms with Gasteiger partial charge >= 0.3 is 6.18 Å². The number of halogens is 3. The molecular formula is C23H17F3N4O2. The van der Waals surface area contributed by atoms with Crippen LogP contribution in [0.1, 0.15) is 38.8 Å². The minimum Gasteiger partial charge on any atom is -0.335 e. The fourth-order valence-corrected chi connectivity index (χ4v) is 4.48. The van der Waals surface area contributed by atoms with Crippen LogP contribution in [-0.4, -0.2) is 28.0 Å². The molecule has 1 spiro atoms. The summed E-state index contributed by atoms with van der Waals surface area (Å²) in [7, 11) is 0. The SMILES string of the molecule is O=C(NC(c1ccccc1)C(F)(F)F)c1cc2c(cn1)CC1(C2)C(=O)Nc2ncccc21. The molecule has 2 N–H and O–H groups in total. The summed E-state index contributed by atoms with van der Waals surface area (Å²) in [5, 5.41) is 4.84. The summed E-state index contributed by atoms with van der Waals surface area (Å²) in [5.41, 5.74) is 1.22. The fraction of sp³-hybridized carbons (Fsp3) is 0.217. The van der Waals surface area contributed by atoms with Crippen molar-refractivity contribution < 1.29 is 22.8 Å². The van der Waals surface area contributed by atoms with Gasteiger partial charge in [0, 0.05) is 18.0 Å². The number of anilines is 1. The molecule has 0 fully saturated rings. The Morgan fingerprint density at radius 2 is 1.81 bits per heavy atom. The Labute approximate surface area is 180 Å². The quantitative estimate of drug-likeness (QED) is 0.656. The Morgan fingerprint density at radius 1 is 1.06 bits per heavy atom. The molecule has 5 rings (SSSR count). The second-order valence-electron chi connectivity index (χ2n) is 7.99. The van der Waals surface area contributed by atoms with Crippen molar-refractivity contribution in [3.05, 3.63) is 88.9 Å². The number of aromatic nitrogens is 2. The number of alkyl halides is 3. The van der Waals surface area contributed by atoms with Crippen molar-refractivity contribution >= 4 is 17.6 Å². The number of hydrogen-bond donors (Lipinski definition) is 2. The largest absolute Gasteiger partial charge is 0.412 e. The molecule has 6 nitrogen and oxygen atoms in total. The van der Waals surface area contributed by atoms with Gasteiger partial charge in [-0.25, -0.2) is 4.98 Å². The zero-order chi connectivity index (χ0) is 22.5. The molecule has 0 saturated carbocycles. The molecule has 32 heavy (non-hydrogen) atoms. The van der Waals surface area contributed by atoms with Crippen LogP contribution >= 0.6 is 0 Å². The zero-order valence-corrected chi connectivity index (χ0v) is 16.6. The zero-order valence-electron chi connectivity index (χ0n) is 16.6. The summed E-state index contributed by atoms with van der Waals surface area (Å²) in [6, 6.07) is 10.1. The summed E-state index contributed by atoms with van der Waals surface area (Å²) in [5.74, 6) is -0.611. The van der Waals surface area contributed by atoms with E-state index in [1.165, 1.54) is 36.5 Å². The van der Waals surface area contributed by atoms with Crippen molar-refractivity contribution in [2.24, 2.45) is 0 Å². The van der Waals surface area contributed by atoms with E-state index in [0.29, 0.717) is 24.2 Å². The van der Waals surface area contributed by atoms with Gasteiger partial charge in [0.2, 0.25) is 5.91 Å². The van der Waals surface area contributed by atoms with Gasteiger partial charge in [-0.15, -0.1) is 0 Å². The predicted molar refractivity (Wildman–Crippen MR) is 109 cm³/mol. The summed E-state index contributed by atoms with van der Waals surface area (Å²) in [4.78, 5) is 33.8. The minimum atomic E-state index is -4.67. The van der Waals surface area contributed by atoms with E-state index < -0.39 is 23.5 Å². The highest BCUT2D eigenvalue weighted by Crippen LogP contribution is 2.46. The summed E-state index contributed by atoms with van der Waals surface area (Å²) < 4.78 is 40.8. The number of nitrogens with zero attached hydrogens (tertiary/aromatic N) is 2. The van der Waals surface area contributed by atoms with Gasteiger partial charge in [-0.2, -0.15) is 13.2 Å². The maximum Gasteiger partial charge on any atom is 0.412 e. The van der Waals surface area contributed by atoms with Crippen LogP contribution < -0.4 is 10.6 Å². The standard InChI is InChI=1S/C23H17F3N4O2/c24-23(25,26)18(13-5-2-1-3-6-13)29-20(31)17-9-14-10-22(11-15(14)12-28-17)16-7-4-8-27-19(16)30-21(22)32/h1-9,12,18H,10-11H2,(H,29,31)(H,27,30,32). The number of nitrogens with one attached hydrogen (secondary N) is 2. The lowest BCUT2D eigenvalue weighted by molar-refractivity contribution is -0.155. The van der Waals surface area contributed by atoms with Crippen molar-refractivity contribution in [2.75, 3.05) is 5.32 Å². The van der Waals surface area contributed by atoms with Crippen LogP contribution in [0.15, 0.2) is 60.9 Å². The Kier molecular flexibility index (Phi) is 4.51. The van der Waals surface area contributed by atoms with Gasteiger partial charge in [0.05, 0.1) is 5.41 Å². The van der Waals surface area contributed by atoms with E-state index in [2.05, 4.69) is 20.6 Å². The highest BCUT2D eigenvalue weighted by molar-refractivity contribution is 6.06. The first-order chi connectivity index (χ1) is 15.3. The Hall–Kier alpha value is -3.75. The predicted octanol–water partition coefficient (Wildman–Crippen LogP) is 3.50. The molecule has 1 aliphatic carbocycles. The van der Waals surface area contributed by atoms with Crippen LogP contribution in [0.5, 0.6) is 0 Å². The van der Waals surface area contributed by atoms with E-state index in [1.54, 1.807) is 18.3 Å². The number of carbonyl (C=O) groups is 2. The molecule has 3 aromatic rings. The lowest BCUT2D eigenvalue weighted by Crippen LogP contribution is -2.38. The van der Waals surface area contributed by atoms with E-state index in [-0.39, 0.29) is 17.2 Å². The Balaban J connectivity index is 1.42.